The fraction of sp³-hybridized carbons (Fsp3) is 0.357. The van der Waals surface area contributed by atoms with E-state index in [0.29, 0.717) is 36.8 Å². The number of carbonyl (C=O) groups excluding carboxylic acids is 2. The number of amides is 2. The molecule has 1 N–H and O–H groups in total. The van der Waals surface area contributed by atoms with Gasteiger partial charge in [-0.1, -0.05) is 0 Å². The van der Waals surface area contributed by atoms with E-state index in [-0.39, 0.29) is 17.7 Å². The highest BCUT2D eigenvalue weighted by Crippen LogP contribution is 2.21. The standard InChI is InChI=1S/C14H15N5O2S/c20-12(18-14-17-5-8-22-14)10-1-6-19(7-2-10)13(21)11-9-15-3-4-16-11/h3-5,8-10H,1-2,6-7H2,(H,17,18,20). The number of anilines is 1. The Balaban J connectivity index is 1.54. The van der Waals surface area contributed by atoms with Crippen LogP contribution in [0.5, 0.6) is 0 Å². The molecule has 0 radical (unpaired) electrons. The molecule has 7 nitrogen and oxygen atoms in total. The lowest BCUT2D eigenvalue weighted by Crippen LogP contribution is -2.41. The van der Waals surface area contributed by atoms with Gasteiger partial charge in [-0.25, -0.2) is 9.97 Å². The molecule has 1 aliphatic rings. The molecule has 2 aromatic heterocycles. The van der Waals surface area contributed by atoms with Gasteiger partial charge in [-0.15, -0.1) is 11.3 Å². The molecule has 0 spiro atoms. The van der Waals surface area contributed by atoms with E-state index in [0.717, 1.165) is 0 Å². The average molecular weight is 317 g/mol. The fourth-order valence-electron chi connectivity index (χ4n) is 2.41. The maximum Gasteiger partial charge on any atom is 0.274 e. The monoisotopic (exact) mass is 317 g/mol. The first-order chi connectivity index (χ1) is 10.7. The number of aromatic nitrogens is 3. The largest absolute Gasteiger partial charge is 0.337 e. The van der Waals surface area contributed by atoms with Crippen LogP contribution in [0.1, 0.15) is 23.3 Å². The van der Waals surface area contributed by atoms with Crippen LogP contribution in [0.2, 0.25) is 0 Å². The van der Waals surface area contributed by atoms with Crippen molar-refractivity contribution in [2.24, 2.45) is 5.92 Å². The zero-order valence-electron chi connectivity index (χ0n) is 11.8. The summed E-state index contributed by atoms with van der Waals surface area (Å²) in [5, 5.41) is 5.24. The average Bonchev–Trinajstić information content (AvgIpc) is 3.08. The van der Waals surface area contributed by atoms with Crippen molar-refractivity contribution >= 4 is 28.3 Å². The SMILES string of the molecule is O=C(Nc1nccs1)C1CCN(C(=O)c2cnccn2)CC1. The van der Waals surface area contributed by atoms with E-state index in [1.54, 1.807) is 11.1 Å². The van der Waals surface area contributed by atoms with Crippen LogP contribution in [0.4, 0.5) is 5.13 Å². The smallest absolute Gasteiger partial charge is 0.274 e. The van der Waals surface area contributed by atoms with Crippen molar-refractivity contribution in [3.8, 4) is 0 Å². The Kier molecular flexibility index (Phi) is 4.38. The lowest BCUT2D eigenvalue weighted by atomic mass is 9.96. The summed E-state index contributed by atoms with van der Waals surface area (Å²) in [6, 6.07) is 0. The number of carbonyl (C=O) groups is 2. The number of likely N-dealkylation sites (tertiary alicyclic amines) is 1. The molecule has 0 aromatic carbocycles. The molecule has 0 unspecified atom stereocenters. The third-order valence-corrected chi connectivity index (χ3v) is 4.29. The summed E-state index contributed by atoms with van der Waals surface area (Å²) in [5.74, 6) is -0.247. The molecule has 0 atom stereocenters. The van der Waals surface area contributed by atoms with Crippen LogP contribution in [-0.2, 0) is 4.79 Å². The van der Waals surface area contributed by atoms with E-state index in [1.165, 1.54) is 29.9 Å². The van der Waals surface area contributed by atoms with Crippen molar-refractivity contribution < 1.29 is 9.59 Å². The van der Waals surface area contributed by atoms with Crippen molar-refractivity contribution in [2.45, 2.75) is 12.8 Å². The Labute approximate surface area is 131 Å². The summed E-state index contributed by atoms with van der Waals surface area (Å²) >= 11 is 1.40. The van der Waals surface area contributed by atoms with Gasteiger partial charge in [0.1, 0.15) is 5.69 Å². The summed E-state index contributed by atoms with van der Waals surface area (Å²) in [4.78, 5) is 38.1. The Morgan fingerprint density at radius 2 is 2.00 bits per heavy atom. The summed E-state index contributed by atoms with van der Waals surface area (Å²) < 4.78 is 0. The maximum atomic E-state index is 12.2. The first-order valence-corrected chi connectivity index (χ1v) is 7.87. The summed E-state index contributed by atoms with van der Waals surface area (Å²) in [7, 11) is 0. The number of thiazole rings is 1. The molecule has 1 saturated heterocycles. The van der Waals surface area contributed by atoms with E-state index in [4.69, 9.17) is 0 Å². The number of hydrogen-bond donors (Lipinski definition) is 1. The Morgan fingerprint density at radius 3 is 2.64 bits per heavy atom. The highest BCUT2D eigenvalue weighted by Gasteiger charge is 2.28. The molecular weight excluding hydrogens is 302 g/mol. The third kappa shape index (κ3) is 3.28. The molecule has 2 amide bonds. The highest BCUT2D eigenvalue weighted by atomic mass is 32.1. The molecule has 22 heavy (non-hydrogen) atoms. The Morgan fingerprint density at radius 1 is 1.18 bits per heavy atom. The maximum absolute atomic E-state index is 12.2. The molecule has 1 fully saturated rings. The van der Waals surface area contributed by atoms with Crippen molar-refractivity contribution in [2.75, 3.05) is 18.4 Å². The van der Waals surface area contributed by atoms with Gasteiger partial charge in [0.25, 0.3) is 5.91 Å². The molecule has 8 heteroatoms. The second kappa shape index (κ2) is 6.61. The van der Waals surface area contributed by atoms with Gasteiger partial charge < -0.3 is 10.2 Å². The van der Waals surface area contributed by atoms with Gasteiger partial charge in [0, 0.05) is 43.0 Å². The van der Waals surface area contributed by atoms with Crippen molar-refractivity contribution in [3.05, 3.63) is 35.9 Å². The van der Waals surface area contributed by atoms with Gasteiger partial charge in [0.2, 0.25) is 5.91 Å². The van der Waals surface area contributed by atoms with Crippen molar-refractivity contribution in [1.29, 1.82) is 0 Å². The fourth-order valence-corrected chi connectivity index (χ4v) is 2.94. The number of piperidine rings is 1. The van der Waals surface area contributed by atoms with Crippen LogP contribution in [0.25, 0.3) is 0 Å². The number of nitrogens with zero attached hydrogens (tertiary/aromatic N) is 4. The van der Waals surface area contributed by atoms with Gasteiger partial charge in [0.05, 0.1) is 6.20 Å². The molecule has 2 aromatic rings. The second-order valence-electron chi connectivity index (χ2n) is 4.98. The van der Waals surface area contributed by atoms with Crippen molar-refractivity contribution in [1.82, 2.24) is 19.9 Å². The molecule has 1 aliphatic heterocycles. The first kappa shape index (κ1) is 14.6. The summed E-state index contributed by atoms with van der Waals surface area (Å²) in [6.45, 7) is 1.09. The van der Waals surface area contributed by atoms with E-state index in [9.17, 15) is 9.59 Å². The van der Waals surface area contributed by atoms with Gasteiger partial charge in [-0.05, 0) is 12.8 Å². The van der Waals surface area contributed by atoms with Gasteiger partial charge in [-0.3, -0.25) is 14.6 Å². The van der Waals surface area contributed by atoms with E-state index in [2.05, 4.69) is 20.3 Å². The Bertz CT molecular complexity index is 639. The van der Waals surface area contributed by atoms with Crippen molar-refractivity contribution in [3.63, 3.8) is 0 Å². The minimum absolute atomic E-state index is 0.0263. The predicted molar refractivity (Wildman–Crippen MR) is 81.4 cm³/mol. The third-order valence-electron chi connectivity index (χ3n) is 3.60. The Hall–Kier alpha value is -2.35. The zero-order valence-corrected chi connectivity index (χ0v) is 12.6. The lowest BCUT2D eigenvalue weighted by molar-refractivity contribution is -0.121. The van der Waals surface area contributed by atoms with E-state index >= 15 is 0 Å². The molecule has 0 bridgehead atoms. The first-order valence-electron chi connectivity index (χ1n) is 6.99. The van der Waals surface area contributed by atoms with Gasteiger partial charge in [-0.2, -0.15) is 0 Å². The molecule has 0 aliphatic carbocycles. The van der Waals surface area contributed by atoms with Gasteiger partial charge >= 0.3 is 0 Å². The number of rotatable bonds is 3. The minimum atomic E-state index is -0.133. The molecule has 0 saturated carbocycles. The van der Waals surface area contributed by atoms with E-state index < -0.39 is 0 Å². The van der Waals surface area contributed by atoms with Crippen LogP contribution in [0.15, 0.2) is 30.2 Å². The molecule has 3 heterocycles. The summed E-state index contributed by atoms with van der Waals surface area (Å²) in [6.07, 6.45) is 7.44. The van der Waals surface area contributed by atoms with Crippen LogP contribution >= 0.6 is 11.3 Å². The van der Waals surface area contributed by atoms with Crippen LogP contribution < -0.4 is 5.32 Å². The summed E-state index contributed by atoms with van der Waals surface area (Å²) in [5.41, 5.74) is 0.341. The predicted octanol–water partition coefficient (Wildman–Crippen LogP) is 1.42. The molecule has 3 rings (SSSR count). The van der Waals surface area contributed by atoms with E-state index in [1.807, 2.05) is 5.38 Å². The normalized spacial score (nSPS) is 15.5. The zero-order chi connectivity index (χ0) is 15.4. The lowest BCUT2D eigenvalue weighted by Gasteiger charge is -2.30. The van der Waals surface area contributed by atoms with Gasteiger partial charge in [0.15, 0.2) is 5.13 Å². The second-order valence-corrected chi connectivity index (χ2v) is 5.88. The minimum Gasteiger partial charge on any atom is -0.337 e. The molecular formula is C14H15N5O2S. The van der Waals surface area contributed by atoms with Crippen LogP contribution in [0.3, 0.4) is 0 Å². The number of nitrogens with one attached hydrogen (secondary N) is 1. The molecule has 114 valence electrons. The topological polar surface area (TPSA) is 88.1 Å². The highest BCUT2D eigenvalue weighted by molar-refractivity contribution is 7.13. The quantitative estimate of drug-likeness (QED) is 0.925. The van der Waals surface area contributed by atoms with Crippen LogP contribution in [0, 0.1) is 5.92 Å². The van der Waals surface area contributed by atoms with Crippen LogP contribution in [-0.4, -0.2) is 44.8 Å². The number of hydrogen-bond acceptors (Lipinski definition) is 6.